The molecule has 0 saturated carbocycles. The summed E-state index contributed by atoms with van der Waals surface area (Å²) < 4.78 is 25.3. The zero-order chi connectivity index (χ0) is 14.5. The second-order valence-electron chi connectivity index (χ2n) is 4.63. The lowest BCUT2D eigenvalue weighted by molar-refractivity contribution is 0.0745. The molecule has 0 N–H and O–H groups in total. The fraction of sp³-hybridized carbons (Fsp3) is 0.267. The summed E-state index contributed by atoms with van der Waals surface area (Å²) in [7, 11) is -2.71. The molecule has 6 heteroatoms. The fourth-order valence-corrected chi connectivity index (χ4v) is 4.22. The third-order valence-electron chi connectivity index (χ3n) is 3.24. The molecule has 1 aromatic carbocycles. The van der Waals surface area contributed by atoms with Crippen LogP contribution in [-0.4, -0.2) is 39.8 Å². The van der Waals surface area contributed by atoms with Gasteiger partial charge < -0.3 is 4.74 Å². The first-order valence-electron chi connectivity index (χ1n) is 6.85. The minimum Gasteiger partial charge on any atom is -0.379 e. The van der Waals surface area contributed by atoms with Crippen molar-refractivity contribution in [2.24, 2.45) is 4.36 Å². The second kappa shape index (κ2) is 6.34. The number of ether oxygens (including phenoxy) is 1. The van der Waals surface area contributed by atoms with E-state index in [4.69, 9.17) is 4.74 Å². The first kappa shape index (κ1) is 14.2. The molecule has 1 unspecified atom stereocenters. The van der Waals surface area contributed by atoms with Crippen molar-refractivity contribution >= 4 is 15.7 Å². The highest BCUT2D eigenvalue weighted by Gasteiger charge is 2.25. The quantitative estimate of drug-likeness (QED) is 0.875. The Labute approximate surface area is 124 Å². The van der Waals surface area contributed by atoms with E-state index in [-0.39, 0.29) is 0 Å². The highest BCUT2D eigenvalue weighted by atomic mass is 32.2. The monoisotopic (exact) mass is 303 g/mol. The van der Waals surface area contributed by atoms with Crippen molar-refractivity contribution in [2.45, 2.75) is 4.90 Å². The van der Waals surface area contributed by atoms with E-state index in [0.29, 0.717) is 37.0 Å². The summed E-state index contributed by atoms with van der Waals surface area (Å²) >= 11 is 0. The van der Waals surface area contributed by atoms with Crippen LogP contribution in [0.25, 0.3) is 0 Å². The molecule has 1 aliphatic heterocycles. The van der Waals surface area contributed by atoms with Crippen molar-refractivity contribution in [3.05, 3.63) is 54.7 Å². The van der Waals surface area contributed by atoms with Crippen LogP contribution in [0.2, 0.25) is 0 Å². The van der Waals surface area contributed by atoms with Crippen molar-refractivity contribution in [2.75, 3.05) is 26.3 Å². The van der Waals surface area contributed by atoms with Crippen LogP contribution in [0.5, 0.6) is 0 Å². The molecule has 5 nitrogen and oxygen atoms in total. The molecule has 1 fully saturated rings. The molecule has 0 bridgehead atoms. The predicted octanol–water partition coefficient (Wildman–Crippen LogP) is 2.49. The minimum atomic E-state index is -2.71. The maximum Gasteiger partial charge on any atom is 0.163 e. The second-order valence-corrected chi connectivity index (χ2v) is 6.79. The van der Waals surface area contributed by atoms with Gasteiger partial charge >= 0.3 is 0 Å². The summed E-state index contributed by atoms with van der Waals surface area (Å²) in [5.74, 6) is 0.484. The van der Waals surface area contributed by atoms with Gasteiger partial charge in [-0.2, -0.15) is 4.36 Å². The van der Waals surface area contributed by atoms with Gasteiger partial charge in [-0.3, -0.25) is 0 Å². The lowest BCUT2D eigenvalue weighted by Crippen LogP contribution is -2.40. The molecule has 110 valence electrons. The maximum absolute atomic E-state index is 13.6. The number of hydrogen-bond donors (Lipinski definition) is 0. The summed E-state index contributed by atoms with van der Waals surface area (Å²) in [4.78, 5) is 4.89. The Kier molecular flexibility index (Phi) is 4.28. The molecule has 2 aromatic rings. The Morgan fingerprint density at radius 2 is 1.76 bits per heavy atom. The Bertz CT molecular complexity index is 691. The van der Waals surface area contributed by atoms with Crippen molar-refractivity contribution < 1.29 is 8.95 Å². The first-order valence-corrected chi connectivity index (χ1v) is 8.32. The molecule has 2 heterocycles. The molecule has 0 spiro atoms. The lowest BCUT2D eigenvalue weighted by Gasteiger charge is -2.29. The number of rotatable bonds is 3. The third-order valence-corrected chi connectivity index (χ3v) is 5.62. The Morgan fingerprint density at radius 3 is 2.43 bits per heavy atom. The zero-order valence-electron chi connectivity index (χ0n) is 11.6. The van der Waals surface area contributed by atoms with Gasteiger partial charge in [-0.25, -0.2) is 13.5 Å². The van der Waals surface area contributed by atoms with Crippen LogP contribution < -0.4 is 0 Å². The van der Waals surface area contributed by atoms with Gasteiger partial charge in [-0.05, 0) is 24.3 Å². The van der Waals surface area contributed by atoms with E-state index >= 15 is 0 Å². The van der Waals surface area contributed by atoms with E-state index in [0.717, 1.165) is 0 Å². The molecule has 1 saturated heterocycles. The van der Waals surface area contributed by atoms with E-state index in [9.17, 15) is 4.21 Å². The van der Waals surface area contributed by atoms with Gasteiger partial charge in [0.1, 0.15) is 9.92 Å². The molecule has 1 aromatic heterocycles. The van der Waals surface area contributed by atoms with Gasteiger partial charge in [0.15, 0.2) is 5.82 Å². The van der Waals surface area contributed by atoms with E-state index in [1.807, 2.05) is 46.8 Å². The Hall–Kier alpha value is -1.76. The SMILES string of the molecule is O=S(=Nc1ccccn1)(c1ccccc1)N1CCOCC1. The van der Waals surface area contributed by atoms with Crippen LogP contribution in [0.1, 0.15) is 0 Å². The minimum absolute atomic E-state index is 0.484. The van der Waals surface area contributed by atoms with Gasteiger partial charge in [0.2, 0.25) is 0 Å². The predicted molar refractivity (Wildman–Crippen MR) is 81.6 cm³/mol. The molecule has 1 aliphatic rings. The van der Waals surface area contributed by atoms with Crippen molar-refractivity contribution in [1.29, 1.82) is 0 Å². The van der Waals surface area contributed by atoms with E-state index < -0.39 is 9.92 Å². The lowest BCUT2D eigenvalue weighted by atomic mass is 10.4. The highest BCUT2D eigenvalue weighted by Crippen LogP contribution is 2.23. The first-order chi connectivity index (χ1) is 10.3. The smallest absolute Gasteiger partial charge is 0.163 e. The molecule has 0 amide bonds. The van der Waals surface area contributed by atoms with Crippen LogP contribution in [0.15, 0.2) is 64.0 Å². The fourth-order valence-electron chi connectivity index (χ4n) is 2.19. The van der Waals surface area contributed by atoms with Crippen molar-refractivity contribution in [3.63, 3.8) is 0 Å². The summed E-state index contributed by atoms with van der Waals surface area (Å²) in [6, 6.07) is 14.8. The number of aromatic nitrogens is 1. The molecule has 0 aliphatic carbocycles. The summed E-state index contributed by atoms with van der Waals surface area (Å²) in [5.41, 5.74) is 0. The number of nitrogens with zero attached hydrogens (tertiary/aromatic N) is 3. The standard InChI is InChI=1S/C15H17N3O2S/c19-21(14-6-2-1-3-7-14,18-10-12-20-13-11-18)17-15-8-4-5-9-16-15/h1-9H,10-13H2. The van der Waals surface area contributed by atoms with Crippen LogP contribution in [-0.2, 0) is 14.7 Å². The van der Waals surface area contributed by atoms with Gasteiger partial charge in [-0.15, -0.1) is 0 Å². The van der Waals surface area contributed by atoms with Crippen LogP contribution >= 0.6 is 0 Å². The summed E-state index contributed by atoms with van der Waals surface area (Å²) in [5, 5.41) is 0. The number of hydrogen-bond acceptors (Lipinski definition) is 4. The average molecular weight is 303 g/mol. The van der Waals surface area contributed by atoms with Crippen molar-refractivity contribution in [3.8, 4) is 0 Å². The van der Waals surface area contributed by atoms with Crippen molar-refractivity contribution in [1.82, 2.24) is 9.29 Å². The third kappa shape index (κ3) is 3.12. The molecular weight excluding hydrogens is 286 g/mol. The van der Waals surface area contributed by atoms with E-state index in [1.165, 1.54) is 0 Å². The van der Waals surface area contributed by atoms with Crippen LogP contribution in [0.3, 0.4) is 0 Å². The maximum atomic E-state index is 13.6. The topological polar surface area (TPSA) is 54.8 Å². The molecule has 0 radical (unpaired) electrons. The highest BCUT2D eigenvalue weighted by molar-refractivity contribution is 7.91. The van der Waals surface area contributed by atoms with Gasteiger partial charge in [0, 0.05) is 19.3 Å². The summed E-state index contributed by atoms with van der Waals surface area (Å²) in [6.45, 7) is 2.34. The number of morpholine rings is 1. The molecular formula is C15H17N3O2S. The van der Waals surface area contributed by atoms with Gasteiger partial charge in [0.05, 0.1) is 18.1 Å². The van der Waals surface area contributed by atoms with Crippen LogP contribution in [0, 0.1) is 0 Å². The zero-order valence-corrected chi connectivity index (χ0v) is 12.4. The molecule has 1 atom stereocenters. The van der Waals surface area contributed by atoms with Gasteiger partial charge in [0.25, 0.3) is 0 Å². The van der Waals surface area contributed by atoms with Crippen LogP contribution in [0.4, 0.5) is 5.82 Å². The Morgan fingerprint density at radius 1 is 1.05 bits per heavy atom. The number of pyridine rings is 1. The largest absolute Gasteiger partial charge is 0.379 e. The van der Waals surface area contributed by atoms with Gasteiger partial charge in [-0.1, -0.05) is 24.3 Å². The number of benzene rings is 1. The van der Waals surface area contributed by atoms with E-state index in [1.54, 1.807) is 12.3 Å². The molecule has 3 rings (SSSR count). The normalized spacial score (nSPS) is 18.9. The Balaban J connectivity index is 2.11. The molecule has 21 heavy (non-hydrogen) atoms. The van der Waals surface area contributed by atoms with E-state index in [2.05, 4.69) is 9.35 Å². The summed E-state index contributed by atoms with van der Waals surface area (Å²) in [6.07, 6.45) is 1.66. The average Bonchev–Trinajstić information content (AvgIpc) is 2.57.